The van der Waals surface area contributed by atoms with E-state index in [4.69, 9.17) is 9.84 Å². The first-order chi connectivity index (χ1) is 10.4. The summed E-state index contributed by atoms with van der Waals surface area (Å²) in [5.41, 5.74) is 1.53. The number of amides is 1. The Kier molecular flexibility index (Phi) is 5.19. The summed E-state index contributed by atoms with van der Waals surface area (Å²) in [6.45, 7) is 4.64. The van der Waals surface area contributed by atoms with Gasteiger partial charge in [0, 0.05) is 12.5 Å². The minimum absolute atomic E-state index is 0.101. The van der Waals surface area contributed by atoms with Gasteiger partial charge in [-0.1, -0.05) is 36.8 Å². The predicted octanol–water partition coefficient (Wildman–Crippen LogP) is 1.92. The van der Waals surface area contributed by atoms with Gasteiger partial charge in [0.1, 0.15) is 0 Å². The highest BCUT2D eigenvalue weighted by Gasteiger charge is 2.39. The van der Waals surface area contributed by atoms with Gasteiger partial charge in [-0.2, -0.15) is 0 Å². The second kappa shape index (κ2) is 6.92. The third-order valence-electron chi connectivity index (χ3n) is 4.09. The molecule has 1 aromatic rings. The van der Waals surface area contributed by atoms with E-state index in [9.17, 15) is 9.59 Å². The summed E-state index contributed by atoms with van der Waals surface area (Å²) in [7, 11) is 0. The van der Waals surface area contributed by atoms with Crippen LogP contribution >= 0.6 is 0 Å². The molecule has 1 heterocycles. The van der Waals surface area contributed by atoms with Crippen LogP contribution in [0.15, 0.2) is 24.3 Å². The Labute approximate surface area is 130 Å². The van der Waals surface area contributed by atoms with Gasteiger partial charge >= 0.3 is 5.97 Å². The zero-order chi connectivity index (χ0) is 16.2. The molecule has 0 aromatic heterocycles. The molecule has 1 fully saturated rings. The first-order valence-electron chi connectivity index (χ1n) is 7.57. The van der Waals surface area contributed by atoms with Crippen LogP contribution in [0.4, 0.5) is 0 Å². The molecule has 5 nitrogen and oxygen atoms in total. The Morgan fingerprint density at radius 2 is 2.05 bits per heavy atom. The monoisotopic (exact) mass is 305 g/mol. The van der Waals surface area contributed by atoms with Crippen LogP contribution in [0.3, 0.4) is 0 Å². The van der Waals surface area contributed by atoms with Gasteiger partial charge in [-0.05, 0) is 25.3 Å². The molecule has 1 amide bonds. The number of ether oxygens (including phenoxy) is 1. The van der Waals surface area contributed by atoms with Gasteiger partial charge < -0.3 is 15.2 Å². The van der Waals surface area contributed by atoms with E-state index in [1.165, 1.54) is 5.56 Å². The van der Waals surface area contributed by atoms with Crippen molar-refractivity contribution in [2.75, 3.05) is 13.2 Å². The van der Waals surface area contributed by atoms with E-state index >= 15 is 0 Å². The van der Waals surface area contributed by atoms with Crippen molar-refractivity contribution in [1.82, 2.24) is 5.32 Å². The van der Waals surface area contributed by atoms with Crippen LogP contribution < -0.4 is 5.32 Å². The molecule has 0 spiro atoms. The third kappa shape index (κ3) is 4.31. The van der Waals surface area contributed by atoms with Crippen molar-refractivity contribution in [3.8, 4) is 0 Å². The molecule has 0 bridgehead atoms. The fraction of sp³-hybridized carbons (Fsp3) is 0.529. The Bertz CT molecular complexity index is 532. The number of carbonyl (C=O) groups excluding carboxylic acids is 1. The van der Waals surface area contributed by atoms with Crippen molar-refractivity contribution in [2.24, 2.45) is 5.92 Å². The van der Waals surface area contributed by atoms with Crippen molar-refractivity contribution in [2.45, 2.75) is 38.6 Å². The highest BCUT2D eigenvalue weighted by atomic mass is 16.5. The summed E-state index contributed by atoms with van der Waals surface area (Å²) in [5, 5.41) is 12.0. The Hall–Kier alpha value is -1.88. The molecule has 0 saturated carbocycles. The van der Waals surface area contributed by atoms with Gasteiger partial charge in [-0.3, -0.25) is 9.59 Å². The molecule has 120 valence electrons. The summed E-state index contributed by atoms with van der Waals surface area (Å²) < 4.78 is 5.30. The van der Waals surface area contributed by atoms with Gasteiger partial charge in [0.05, 0.1) is 18.6 Å². The fourth-order valence-corrected chi connectivity index (χ4v) is 2.73. The summed E-state index contributed by atoms with van der Waals surface area (Å²) in [6, 6.07) is 8.09. The van der Waals surface area contributed by atoms with Crippen LogP contribution in [0.2, 0.25) is 0 Å². The molecule has 5 heteroatoms. The van der Waals surface area contributed by atoms with Crippen LogP contribution in [0, 0.1) is 12.8 Å². The van der Waals surface area contributed by atoms with Gasteiger partial charge in [0.15, 0.2) is 0 Å². The predicted molar refractivity (Wildman–Crippen MR) is 82.6 cm³/mol. The van der Waals surface area contributed by atoms with Crippen LogP contribution in [0.25, 0.3) is 0 Å². The number of nitrogens with one attached hydrogen (secondary N) is 1. The van der Waals surface area contributed by atoms with E-state index in [1.807, 2.05) is 38.1 Å². The van der Waals surface area contributed by atoms with Gasteiger partial charge in [-0.25, -0.2) is 0 Å². The zero-order valence-electron chi connectivity index (χ0n) is 13.1. The number of carboxylic acid groups (broad SMARTS) is 1. The fourth-order valence-electron chi connectivity index (χ4n) is 2.73. The molecular weight excluding hydrogens is 282 g/mol. The molecule has 2 N–H and O–H groups in total. The number of hydrogen-bond acceptors (Lipinski definition) is 3. The van der Waals surface area contributed by atoms with Crippen molar-refractivity contribution in [3.05, 3.63) is 35.4 Å². The van der Waals surface area contributed by atoms with Crippen molar-refractivity contribution < 1.29 is 19.4 Å². The molecule has 1 aliphatic rings. The maximum absolute atomic E-state index is 12.4. The van der Waals surface area contributed by atoms with Crippen molar-refractivity contribution in [3.63, 3.8) is 0 Å². The van der Waals surface area contributed by atoms with Gasteiger partial charge in [0.25, 0.3) is 0 Å². The normalized spacial score (nSPS) is 22.3. The van der Waals surface area contributed by atoms with E-state index in [0.29, 0.717) is 19.4 Å². The van der Waals surface area contributed by atoms with E-state index in [2.05, 4.69) is 5.32 Å². The standard InChI is InChI=1S/C17H23NO4/c1-12-3-5-14(6-4-12)9-13(2)16(21)18-17(10-15(19)20)7-8-22-11-17/h3-6,13H,7-11H2,1-2H3,(H,18,21)(H,19,20). The van der Waals surface area contributed by atoms with Crippen molar-refractivity contribution in [1.29, 1.82) is 0 Å². The lowest BCUT2D eigenvalue weighted by Gasteiger charge is -2.28. The van der Waals surface area contributed by atoms with Crippen LogP contribution in [0.1, 0.15) is 30.9 Å². The minimum Gasteiger partial charge on any atom is -0.481 e. The molecule has 1 aromatic carbocycles. The lowest BCUT2D eigenvalue weighted by atomic mass is 9.92. The summed E-state index contributed by atoms with van der Waals surface area (Å²) in [5.74, 6) is -1.25. The summed E-state index contributed by atoms with van der Waals surface area (Å²) >= 11 is 0. The second-order valence-corrected chi connectivity index (χ2v) is 6.23. The summed E-state index contributed by atoms with van der Waals surface area (Å²) in [4.78, 5) is 23.4. The molecule has 0 radical (unpaired) electrons. The average Bonchev–Trinajstić information content (AvgIpc) is 2.88. The molecule has 1 aliphatic heterocycles. The number of hydrogen-bond donors (Lipinski definition) is 2. The van der Waals surface area contributed by atoms with E-state index in [0.717, 1.165) is 5.56 Å². The molecular formula is C17H23NO4. The zero-order valence-corrected chi connectivity index (χ0v) is 13.1. The van der Waals surface area contributed by atoms with E-state index in [-0.39, 0.29) is 24.9 Å². The Morgan fingerprint density at radius 3 is 2.59 bits per heavy atom. The van der Waals surface area contributed by atoms with Crippen LogP contribution in [-0.4, -0.2) is 35.7 Å². The van der Waals surface area contributed by atoms with Crippen LogP contribution in [0.5, 0.6) is 0 Å². The third-order valence-corrected chi connectivity index (χ3v) is 4.09. The molecule has 2 unspecified atom stereocenters. The number of aliphatic carboxylic acids is 1. The quantitative estimate of drug-likeness (QED) is 0.842. The maximum atomic E-state index is 12.4. The molecule has 22 heavy (non-hydrogen) atoms. The molecule has 0 aliphatic carbocycles. The number of carboxylic acids is 1. The Morgan fingerprint density at radius 1 is 1.36 bits per heavy atom. The highest BCUT2D eigenvalue weighted by Crippen LogP contribution is 2.23. The minimum atomic E-state index is -0.919. The van der Waals surface area contributed by atoms with E-state index in [1.54, 1.807) is 0 Å². The van der Waals surface area contributed by atoms with Gasteiger partial charge in [0.2, 0.25) is 5.91 Å². The van der Waals surface area contributed by atoms with Gasteiger partial charge in [-0.15, -0.1) is 0 Å². The number of rotatable bonds is 6. The first-order valence-corrected chi connectivity index (χ1v) is 7.57. The lowest BCUT2D eigenvalue weighted by Crippen LogP contribution is -2.52. The lowest BCUT2D eigenvalue weighted by molar-refractivity contribution is -0.139. The smallest absolute Gasteiger partial charge is 0.305 e. The maximum Gasteiger partial charge on any atom is 0.305 e. The topological polar surface area (TPSA) is 75.6 Å². The highest BCUT2D eigenvalue weighted by molar-refractivity contribution is 5.80. The average molecular weight is 305 g/mol. The second-order valence-electron chi connectivity index (χ2n) is 6.23. The number of carbonyl (C=O) groups is 2. The Balaban J connectivity index is 1.97. The van der Waals surface area contributed by atoms with Crippen molar-refractivity contribution >= 4 is 11.9 Å². The largest absolute Gasteiger partial charge is 0.481 e. The molecule has 2 rings (SSSR count). The first kappa shape index (κ1) is 16.5. The number of aryl methyl sites for hydroxylation is 1. The van der Waals surface area contributed by atoms with Crippen LogP contribution in [-0.2, 0) is 20.7 Å². The molecule has 1 saturated heterocycles. The van der Waals surface area contributed by atoms with E-state index < -0.39 is 11.5 Å². The number of benzene rings is 1. The summed E-state index contributed by atoms with van der Waals surface area (Å²) in [6.07, 6.45) is 1.08. The SMILES string of the molecule is Cc1ccc(CC(C)C(=O)NC2(CC(=O)O)CCOC2)cc1. The molecule has 2 atom stereocenters.